The zero-order chi connectivity index (χ0) is 37.0. The lowest BCUT2D eigenvalue weighted by Gasteiger charge is -2.52. The Hall–Kier alpha value is -5.59. The molecule has 6 aromatic rings. The predicted octanol–water partition coefficient (Wildman–Crippen LogP) is 13.8. The molecule has 3 heteroatoms. The van der Waals surface area contributed by atoms with Gasteiger partial charge in [-0.15, -0.1) is 0 Å². The van der Waals surface area contributed by atoms with Gasteiger partial charge in [0, 0.05) is 40.2 Å². The van der Waals surface area contributed by atoms with Gasteiger partial charge in [-0.05, 0) is 114 Å². The van der Waals surface area contributed by atoms with Crippen LogP contribution in [0.15, 0.2) is 158 Å². The fraction of sp³-hybridized carbons (Fsp3) is 0.288. The van der Waals surface area contributed by atoms with Crippen LogP contribution in [-0.4, -0.2) is 12.1 Å². The molecule has 0 amide bonds. The second-order valence-electron chi connectivity index (χ2n) is 16.1. The number of para-hydroxylation sites is 3. The van der Waals surface area contributed by atoms with Crippen LogP contribution < -0.4 is 9.80 Å². The van der Waals surface area contributed by atoms with E-state index >= 15 is 0 Å². The predicted molar refractivity (Wildman–Crippen MR) is 229 cm³/mol. The topological polar surface area (TPSA) is 30.3 Å². The number of nitrogens with zero attached hydrogens (tertiary/aromatic N) is 3. The van der Waals surface area contributed by atoms with E-state index in [9.17, 15) is 5.26 Å². The number of fused-ring (bicyclic) bond motifs is 3. The van der Waals surface area contributed by atoms with Gasteiger partial charge in [0.2, 0.25) is 0 Å². The van der Waals surface area contributed by atoms with Crippen molar-refractivity contribution in [3.8, 4) is 28.3 Å². The number of rotatable bonds is 7. The Morgan fingerprint density at radius 3 is 1.73 bits per heavy atom. The van der Waals surface area contributed by atoms with Crippen molar-refractivity contribution in [1.29, 1.82) is 5.26 Å². The van der Waals surface area contributed by atoms with E-state index in [1.807, 2.05) is 24.3 Å². The summed E-state index contributed by atoms with van der Waals surface area (Å²) in [6.45, 7) is 0. The smallest absolute Gasteiger partial charge is 0.0998 e. The van der Waals surface area contributed by atoms with Gasteiger partial charge in [0.15, 0.2) is 0 Å². The Morgan fingerprint density at radius 1 is 0.527 bits per heavy atom. The largest absolute Gasteiger partial charge is 0.338 e. The zero-order valence-corrected chi connectivity index (χ0v) is 31.9. The molecule has 6 aromatic carbocycles. The molecular weight excluding hydrogens is 667 g/mol. The minimum absolute atomic E-state index is 0.0554. The van der Waals surface area contributed by atoms with Crippen LogP contribution >= 0.6 is 0 Å². The van der Waals surface area contributed by atoms with Crippen molar-refractivity contribution in [2.75, 3.05) is 9.80 Å². The molecule has 0 bridgehead atoms. The first-order chi connectivity index (χ1) is 27.2. The normalized spacial score (nSPS) is 21.3. The summed E-state index contributed by atoms with van der Waals surface area (Å²) in [7, 11) is 0. The summed E-state index contributed by atoms with van der Waals surface area (Å²) in [6.07, 6.45) is 14.2. The zero-order valence-electron chi connectivity index (χ0n) is 31.9. The fourth-order valence-electron chi connectivity index (χ4n) is 10.7. The summed E-state index contributed by atoms with van der Waals surface area (Å²) in [4.78, 5) is 5.44. The molecule has 1 aliphatic heterocycles. The van der Waals surface area contributed by atoms with Gasteiger partial charge in [0.25, 0.3) is 0 Å². The second-order valence-corrected chi connectivity index (χ2v) is 16.1. The quantitative estimate of drug-likeness (QED) is 0.165. The molecule has 3 unspecified atom stereocenters. The molecule has 2 saturated carbocycles. The Kier molecular flexibility index (Phi) is 9.99. The highest BCUT2D eigenvalue weighted by atomic mass is 15.2. The van der Waals surface area contributed by atoms with Crippen LogP contribution in [0.1, 0.15) is 81.8 Å². The van der Waals surface area contributed by atoms with E-state index in [0.29, 0.717) is 23.6 Å². The molecule has 274 valence electrons. The summed E-state index contributed by atoms with van der Waals surface area (Å²) in [5.41, 5.74) is 12.1. The number of nitriles is 1. The van der Waals surface area contributed by atoms with Crippen molar-refractivity contribution in [2.24, 2.45) is 5.92 Å². The van der Waals surface area contributed by atoms with Crippen LogP contribution in [0.3, 0.4) is 0 Å². The number of benzene rings is 6. The highest BCUT2D eigenvalue weighted by Gasteiger charge is 2.58. The van der Waals surface area contributed by atoms with Gasteiger partial charge in [-0.25, -0.2) is 0 Å². The summed E-state index contributed by atoms with van der Waals surface area (Å²) in [6, 6.07) is 60.9. The van der Waals surface area contributed by atoms with Gasteiger partial charge < -0.3 is 9.80 Å². The molecule has 3 aliphatic rings. The first-order valence-corrected chi connectivity index (χ1v) is 20.7. The van der Waals surface area contributed by atoms with Crippen LogP contribution in [0.2, 0.25) is 0 Å². The third-order valence-corrected chi connectivity index (χ3v) is 13.2. The van der Waals surface area contributed by atoms with Gasteiger partial charge in [-0.1, -0.05) is 148 Å². The van der Waals surface area contributed by atoms with Crippen LogP contribution in [0, 0.1) is 17.2 Å². The van der Waals surface area contributed by atoms with Crippen LogP contribution in [0.25, 0.3) is 22.3 Å². The third-order valence-electron chi connectivity index (χ3n) is 13.2. The van der Waals surface area contributed by atoms with E-state index in [4.69, 9.17) is 0 Å². The molecule has 1 heterocycles. The molecule has 3 atom stereocenters. The van der Waals surface area contributed by atoms with Gasteiger partial charge in [0.05, 0.1) is 11.6 Å². The number of hydrogen-bond donors (Lipinski definition) is 0. The summed E-state index contributed by atoms with van der Waals surface area (Å²) >= 11 is 0. The Morgan fingerprint density at radius 2 is 1.07 bits per heavy atom. The minimum Gasteiger partial charge on any atom is -0.338 e. The van der Waals surface area contributed by atoms with Crippen molar-refractivity contribution in [2.45, 2.75) is 88.1 Å². The van der Waals surface area contributed by atoms with Gasteiger partial charge in [-0.3, -0.25) is 0 Å². The molecule has 0 spiro atoms. The van der Waals surface area contributed by atoms with Crippen molar-refractivity contribution in [1.82, 2.24) is 0 Å². The Balaban J connectivity index is 1.10. The van der Waals surface area contributed by atoms with E-state index < -0.39 is 0 Å². The van der Waals surface area contributed by atoms with Crippen molar-refractivity contribution in [3.63, 3.8) is 0 Å². The second kappa shape index (κ2) is 15.6. The minimum atomic E-state index is 0.0554. The Bertz CT molecular complexity index is 2190. The molecule has 0 saturated heterocycles. The van der Waals surface area contributed by atoms with E-state index in [1.165, 1.54) is 85.2 Å². The van der Waals surface area contributed by atoms with E-state index in [-0.39, 0.29) is 5.41 Å². The molecular formula is C52H51N3. The highest BCUT2D eigenvalue weighted by Crippen LogP contribution is 2.61. The molecule has 0 aromatic heterocycles. The number of anilines is 4. The van der Waals surface area contributed by atoms with Gasteiger partial charge in [0.1, 0.15) is 0 Å². The SMILES string of the molecule is N#Cc1ccccc1-c1ccc(-c2ccc(N3c4ccccc4C4(C5CCCCCCCC5)CC(N(c5ccccc5)c5ccccc5)CCC34)cc2)cc1. The lowest BCUT2D eigenvalue weighted by atomic mass is 9.57. The van der Waals surface area contributed by atoms with E-state index in [2.05, 4.69) is 149 Å². The molecule has 0 radical (unpaired) electrons. The third kappa shape index (κ3) is 6.63. The average Bonchev–Trinajstić information content (AvgIpc) is 3.62. The van der Waals surface area contributed by atoms with Crippen molar-refractivity contribution in [3.05, 3.63) is 169 Å². The molecule has 0 N–H and O–H groups in total. The fourth-order valence-corrected chi connectivity index (χ4v) is 10.7. The van der Waals surface area contributed by atoms with Crippen molar-refractivity contribution >= 4 is 22.7 Å². The van der Waals surface area contributed by atoms with Gasteiger partial charge in [-0.2, -0.15) is 5.26 Å². The first kappa shape index (κ1) is 35.1. The maximum Gasteiger partial charge on any atom is 0.0998 e. The Labute approximate surface area is 327 Å². The molecule has 2 aliphatic carbocycles. The van der Waals surface area contributed by atoms with Crippen LogP contribution in [-0.2, 0) is 5.41 Å². The summed E-state index contributed by atoms with van der Waals surface area (Å²) in [5, 5.41) is 9.66. The molecule has 3 nitrogen and oxygen atoms in total. The lowest BCUT2D eigenvalue weighted by molar-refractivity contribution is 0.139. The average molecular weight is 718 g/mol. The van der Waals surface area contributed by atoms with Gasteiger partial charge >= 0.3 is 0 Å². The maximum absolute atomic E-state index is 9.66. The summed E-state index contributed by atoms with van der Waals surface area (Å²) in [5.74, 6) is 0.641. The lowest BCUT2D eigenvalue weighted by Crippen LogP contribution is -2.55. The standard InChI is InChI=1S/C52H51N3/c53-38-42-17-13-14-24-48(42)41-29-27-39(28-30-41)40-31-33-46(34-32-40)55-50-26-16-15-25-49(50)52(43-18-7-3-1-2-4-8-19-43)37-47(35-36-51(52)55)54(44-20-9-5-10-21-44)45-22-11-6-12-23-45/h5-6,9-17,20-34,43,47,51H,1-4,7-8,18-19,35-37H2. The highest BCUT2D eigenvalue weighted by molar-refractivity contribution is 5.79. The summed E-state index contributed by atoms with van der Waals surface area (Å²) < 4.78 is 0. The van der Waals surface area contributed by atoms with E-state index in [0.717, 1.165) is 30.4 Å². The maximum atomic E-state index is 9.66. The molecule has 9 rings (SSSR count). The molecule has 55 heavy (non-hydrogen) atoms. The van der Waals surface area contributed by atoms with Crippen LogP contribution in [0.5, 0.6) is 0 Å². The van der Waals surface area contributed by atoms with E-state index in [1.54, 1.807) is 5.56 Å². The number of hydrogen-bond acceptors (Lipinski definition) is 3. The first-order valence-electron chi connectivity index (χ1n) is 20.7. The molecule has 2 fully saturated rings. The van der Waals surface area contributed by atoms with Crippen LogP contribution in [0.4, 0.5) is 22.7 Å². The monoisotopic (exact) mass is 717 g/mol. The van der Waals surface area contributed by atoms with Crippen molar-refractivity contribution < 1.29 is 0 Å².